The standard InChI is InChI=1S/C17H22BrClN2O2/c1-21-13(19)8-20-14(21)9-23-15(22)7-16-3-11-2-12(4-16)6-17(18,5-11)10-16/h8,11-12H,2-7,9-10H2,1H3. The van der Waals surface area contributed by atoms with Crippen LogP contribution in [-0.4, -0.2) is 19.8 Å². The van der Waals surface area contributed by atoms with Gasteiger partial charge in [0.05, 0.1) is 12.6 Å². The molecule has 1 aromatic heterocycles. The molecule has 4 saturated carbocycles. The Morgan fingerprint density at radius 3 is 2.70 bits per heavy atom. The summed E-state index contributed by atoms with van der Waals surface area (Å²) in [5.74, 6) is 2.17. The number of carbonyl (C=O) groups excluding carboxylic acids is 1. The van der Waals surface area contributed by atoms with Gasteiger partial charge in [0.1, 0.15) is 17.6 Å². The number of rotatable bonds is 4. The Kier molecular flexibility index (Phi) is 3.80. The minimum atomic E-state index is -0.0952. The second-order valence-electron chi connectivity index (χ2n) is 8.01. The van der Waals surface area contributed by atoms with Gasteiger partial charge in [-0.25, -0.2) is 4.98 Å². The lowest BCUT2D eigenvalue weighted by atomic mass is 9.49. The number of alkyl halides is 1. The Bertz CT molecular complexity index is 631. The van der Waals surface area contributed by atoms with E-state index in [4.69, 9.17) is 16.3 Å². The summed E-state index contributed by atoms with van der Waals surface area (Å²) in [4.78, 5) is 16.6. The largest absolute Gasteiger partial charge is 0.457 e. The minimum absolute atomic E-state index is 0.0952. The molecule has 126 valence electrons. The SMILES string of the molecule is Cn1c(Cl)cnc1COC(=O)CC12CC3CC(CC(Br)(C3)C1)C2. The van der Waals surface area contributed by atoms with E-state index in [2.05, 4.69) is 20.9 Å². The van der Waals surface area contributed by atoms with Crippen LogP contribution in [0.15, 0.2) is 6.20 Å². The summed E-state index contributed by atoms with van der Waals surface area (Å²) in [6, 6.07) is 0. The Morgan fingerprint density at radius 2 is 2.13 bits per heavy atom. The average Bonchev–Trinajstić information content (AvgIpc) is 2.73. The van der Waals surface area contributed by atoms with Crippen LogP contribution < -0.4 is 0 Å². The maximum atomic E-state index is 12.4. The third kappa shape index (κ3) is 2.95. The maximum absolute atomic E-state index is 12.4. The first-order valence-electron chi connectivity index (χ1n) is 8.37. The molecule has 4 aliphatic carbocycles. The van der Waals surface area contributed by atoms with E-state index in [-0.39, 0.29) is 22.3 Å². The first-order valence-corrected chi connectivity index (χ1v) is 9.54. The fourth-order valence-corrected chi connectivity index (χ4v) is 7.26. The van der Waals surface area contributed by atoms with Gasteiger partial charge in [-0.15, -0.1) is 0 Å². The van der Waals surface area contributed by atoms with E-state index in [1.165, 1.54) is 32.1 Å². The second kappa shape index (κ2) is 5.48. The molecule has 0 saturated heterocycles. The van der Waals surface area contributed by atoms with Gasteiger partial charge in [0.2, 0.25) is 0 Å². The predicted octanol–water partition coefficient (Wildman–Crippen LogP) is 4.24. The van der Waals surface area contributed by atoms with Crippen LogP contribution in [0.25, 0.3) is 0 Å². The number of nitrogens with zero attached hydrogens (tertiary/aromatic N) is 2. The van der Waals surface area contributed by atoms with E-state index in [1.54, 1.807) is 10.8 Å². The minimum Gasteiger partial charge on any atom is -0.457 e. The van der Waals surface area contributed by atoms with Crippen LogP contribution in [0.4, 0.5) is 0 Å². The number of carbonyl (C=O) groups is 1. The third-order valence-electron chi connectivity index (χ3n) is 6.02. The molecule has 0 aliphatic heterocycles. The van der Waals surface area contributed by atoms with Crippen molar-refractivity contribution in [2.24, 2.45) is 24.3 Å². The number of aromatic nitrogens is 2. The van der Waals surface area contributed by atoms with Crippen LogP contribution in [-0.2, 0) is 23.2 Å². The van der Waals surface area contributed by atoms with E-state index in [1.807, 2.05) is 7.05 Å². The summed E-state index contributed by atoms with van der Waals surface area (Å²) in [5.41, 5.74) is 0.157. The molecular formula is C17H22BrClN2O2. The van der Waals surface area contributed by atoms with Crippen molar-refractivity contribution in [2.45, 2.75) is 55.9 Å². The molecule has 4 fully saturated rings. The fraction of sp³-hybridized carbons (Fsp3) is 0.765. The molecule has 0 spiro atoms. The Morgan fingerprint density at radius 1 is 1.43 bits per heavy atom. The van der Waals surface area contributed by atoms with Crippen molar-refractivity contribution in [3.05, 3.63) is 17.2 Å². The molecule has 2 atom stereocenters. The fourth-order valence-electron chi connectivity index (χ4n) is 5.60. The van der Waals surface area contributed by atoms with Crippen molar-refractivity contribution >= 4 is 33.5 Å². The van der Waals surface area contributed by atoms with Crippen molar-refractivity contribution in [3.8, 4) is 0 Å². The van der Waals surface area contributed by atoms with Gasteiger partial charge in [-0.2, -0.15) is 0 Å². The summed E-state index contributed by atoms with van der Waals surface area (Å²) in [6.07, 6.45) is 9.56. The first-order chi connectivity index (χ1) is 10.9. The molecule has 0 radical (unpaired) electrons. The highest BCUT2D eigenvalue weighted by Crippen LogP contribution is 2.65. The van der Waals surface area contributed by atoms with Crippen molar-refractivity contribution in [1.82, 2.24) is 9.55 Å². The normalized spacial score (nSPS) is 38.0. The number of ether oxygens (including phenoxy) is 1. The highest BCUT2D eigenvalue weighted by Gasteiger charge is 2.57. The summed E-state index contributed by atoms with van der Waals surface area (Å²) in [7, 11) is 1.83. The highest BCUT2D eigenvalue weighted by molar-refractivity contribution is 9.10. The quantitative estimate of drug-likeness (QED) is 0.560. The molecule has 6 heteroatoms. The van der Waals surface area contributed by atoms with Crippen LogP contribution in [0.5, 0.6) is 0 Å². The van der Waals surface area contributed by atoms with Crippen LogP contribution in [0.3, 0.4) is 0 Å². The first kappa shape index (κ1) is 15.9. The molecule has 1 aromatic rings. The van der Waals surface area contributed by atoms with Crippen LogP contribution in [0, 0.1) is 17.3 Å². The molecule has 2 unspecified atom stereocenters. The van der Waals surface area contributed by atoms with E-state index in [0.717, 1.165) is 18.3 Å². The summed E-state index contributed by atoms with van der Waals surface area (Å²) >= 11 is 9.95. The molecule has 4 bridgehead atoms. The van der Waals surface area contributed by atoms with Gasteiger partial charge in [0, 0.05) is 11.4 Å². The summed E-state index contributed by atoms with van der Waals surface area (Å²) in [6.45, 7) is 0.199. The van der Waals surface area contributed by atoms with E-state index < -0.39 is 0 Å². The Labute approximate surface area is 150 Å². The van der Waals surface area contributed by atoms with Gasteiger partial charge in [-0.05, 0) is 55.8 Å². The van der Waals surface area contributed by atoms with Crippen molar-refractivity contribution in [2.75, 3.05) is 0 Å². The monoisotopic (exact) mass is 400 g/mol. The summed E-state index contributed by atoms with van der Waals surface area (Å²) in [5, 5.41) is 0.554. The lowest BCUT2D eigenvalue weighted by Gasteiger charge is -2.60. The van der Waals surface area contributed by atoms with E-state index in [0.29, 0.717) is 17.4 Å². The van der Waals surface area contributed by atoms with Crippen LogP contribution in [0.2, 0.25) is 5.15 Å². The van der Waals surface area contributed by atoms with Gasteiger partial charge in [-0.1, -0.05) is 27.5 Å². The maximum Gasteiger partial charge on any atom is 0.306 e. The molecule has 5 rings (SSSR count). The molecule has 0 aromatic carbocycles. The highest BCUT2D eigenvalue weighted by atomic mass is 79.9. The molecule has 1 heterocycles. The van der Waals surface area contributed by atoms with E-state index >= 15 is 0 Å². The predicted molar refractivity (Wildman–Crippen MR) is 91.4 cm³/mol. The van der Waals surface area contributed by atoms with Gasteiger partial charge >= 0.3 is 5.97 Å². The lowest BCUT2D eigenvalue weighted by molar-refractivity contribution is -0.152. The van der Waals surface area contributed by atoms with Crippen molar-refractivity contribution in [3.63, 3.8) is 0 Å². The number of hydrogen-bond donors (Lipinski definition) is 0. The number of imidazole rings is 1. The molecule has 0 amide bonds. The Hall–Kier alpha value is -0.550. The van der Waals surface area contributed by atoms with E-state index in [9.17, 15) is 4.79 Å². The smallest absolute Gasteiger partial charge is 0.306 e. The number of esters is 1. The van der Waals surface area contributed by atoms with Gasteiger partial charge in [0.15, 0.2) is 0 Å². The molecular weight excluding hydrogens is 380 g/mol. The molecule has 4 nitrogen and oxygen atoms in total. The van der Waals surface area contributed by atoms with Crippen LogP contribution in [0.1, 0.15) is 50.8 Å². The lowest BCUT2D eigenvalue weighted by Crippen LogP contribution is -2.53. The Balaban J connectivity index is 1.40. The van der Waals surface area contributed by atoms with Gasteiger partial charge < -0.3 is 9.30 Å². The topological polar surface area (TPSA) is 44.1 Å². The zero-order chi connectivity index (χ0) is 16.2. The molecule has 23 heavy (non-hydrogen) atoms. The third-order valence-corrected chi connectivity index (χ3v) is 7.30. The molecule has 4 aliphatic rings. The molecule has 0 N–H and O–H groups in total. The summed E-state index contributed by atoms with van der Waals surface area (Å²) < 4.78 is 7.52. The number of halogens is 2. The zero-order valence-electron chi connectivity index (χ0n) is 13.4. The van der Waals surface area contributed by atoms with Crippen molar-refractivity contribution in [1.29, 1.82) is 0 Å². The van der Waals surface area contributed by atoms with Gasteiger partial charge in [0.25, 0.3) is 0 Å². The van der Waals surface area contributed by atoms with Crippen LogP contribution >= 0.6 is 27.5 Å². The average molecular weight is 402 g/mol. The second-order valence-corrected chi connectivity index (χ2v) is 10.1. The van der Waals surface area contributed by atoms with Crippen molar-refractivity contribution < 1.29 is 9.53 Å². The zero-order valence-corrected chi connectivity index (χ0v) is 15.7. The van der Waals surface area contributed by atoms with Gasteiger partial charge in [-0.3, -0.25) is 4.79 Å². The number of hydrogen-bond acceptors (Lipinski definition) is 3.